The van der Waals surface area contributed by atoms with Gasteiger partial charge in [-0.3, -0.25) is 0 Å². The number of nitrogens with one attached hydrogen (secondary N) is 1. The van der Waals surface area contributed by atoms with E-state index in [-0.39, 0.29) is 5.60 Å². The summed E-state index contributed by atoms with van der Waals surface area (Å²) in [6.07, 6.45) is 6.47. The lowest BCUT2D eigenvalue weighted by Crippen LogP contribution is -2.37. The van der Waals surface area contributed by atoms with Gasteiger partial charge in [-0.05, 0) is 82.2 Å². The van der Waals surface area contributed by atoms with Gasteiger partial charge in [-0.2, -0.15) is 0 Å². The highest BCUT2D eigenvalue weighted by Gasteiger charge is 2.33. The molecule has 1 aliphatic heterocycles. The summed E-state index contributed by atoms with van der Waals surface area (Å²) in [5.41, 5.74) is 0.0662. The summed E-state index contributed by atoms with van der Waals surface area (Å²) in [5, 5.41) is 5.91. The molecule has 3 atom stereocenters. The fourth-order valence-corrected chi connectivity index (χ4v) is 4.73. The van der Waals surface area contributed by atoms with Gasteiger partial charge in [-0.1, -0.05) is 26.3 Å². The first-order chi connectivity index (χ1) is 11.4. The second-order valence-electron chi connectivity index (χ2n) is 8.57. The van der Waals surface area contributed by atoms with E-state index in [0.29, 0.717) is 6.04 Å². The Morgan fingerprint density at radius 2 is 2.04 bits per heavy atom. The van der Waals surface area contributed by atoms with Crippen molar-refractivity contribution in [2.24, 2.45) is 17.8 Å². The highest BCUT2D eigenvalue weighted by atomic mass is 32.1. The van der Waals surface area contributed by atoms with Crippen molar-refractivity contribution in [3.8, 4) is 0 Å². The molecule has 2 rings (SSSR count). The fraction of sp³-hybridized carbons (Fsp3) is 0.810. The Morgan fingerprint density at radius 1 is 1.25 bits per heavy atom. The lowest BCUT2D eigenvalue weighted by molar-refractivity contribution is -0.0840. The molecule has 0 saturated carbocycles. The van der Waals surface area contributed by atoms with Crippen molar-refractivity contribution >= 4 is 11.3 Å². The van der Waals surface area contributed by atoms with Gasteiger partial charge in [0.25, 0.3) is 0 Å². The zero-order chi connectivity index (χ0) is 17.6. The Labute approximate surface area is 153 Å². The first kappa shape index (κ1) is 19.9. The molecule has 1 saturated heterocycles. The second kappa shape index (κ2) is 9.35. The van der Waals surface area contributed by atoms with Gasteiger partial charge in [0, 0.05) is 17.5 Å². The van der Waals surface area contributed by atoms with Gasteiger partial charge in [0.15, 0.2) is 0 Å². The summed E-state index contributed by atoms with van der Waals surface area (Å²) in [6.45, 7) is 13.6. The van der Waals surface area contributed by atoms with Crippen molar-refractivity contribution in [1.29, 1.82) is 0 Å². The predicted molar refractivity (Wildman–Crippen MR) is 106 cm³/mol. The number of hydrogen-bond acceptors (Lipinski definition) is 3. The van der Waals surface area contributed by atoms with Crippen LogP contribution in [0.15, 0.2) is 17.5 Å². The largest absolute Gasteiger partial charge is 0.376 e. The maximum atomic E-state index is 5.95. The van der Waals surface area contributed by atoms with E-state index >= 15 is 0 Å². The summed E-state index contributed by atoms with van der Waals surface area (Å²) in [6, 6.07) is 4.86. The zero-order valence-corrected chi connectivity index (χ0v) is 17.1. The van der Waals surface area contributed by atoms with Crippen LogP contribution < -0.4 is 5.32 Å². The molecule has 0 bridgehead atoms. The monoisotopic (exact) mass is 351 g/mol. The van der Waals surface area contributed by atoms with Crippen LogP contribution in [-0.4, -0.2) is 18.8 Å². The SMILES string of the molecule is CC(C)CC[C@H](CCN[C@H](C)c1cccs1)[C@H]1CCOC(C)(C)C1. The third kappa shape index (κ3) is 6.50. The maximum Gasteiger partial charge on any atom is 0.0629 e. The summed E-state index contributed by atoms with van der Waals surface area (Å²) >= 11 is 1.85. The van der Waals surface area contributed by atoms with Gasteiger partial charge in [-0.25, -0.2) is 0 Å². The Kier molecular flexibility index (Phi) is 7.77. The summed E-state index contributed by atoms with van der Waals surface area (Å²) in [7, 11) is 0. The average molecular weight is 352 g/mol. The zero-order valence-electron chi connectivity index (χ0n) is 16.3. The van der Waals surface area contributed by atoms with E-state index < -0.39 is 0 Å². The lowest BCUT2D eigenvalue weighted by Gasteiger charge is -2.39. The maximum absolute atomic E-state index is 5.95. The van der Waals surface area contributed by atoms with Gasteiger partial charge in [0.05, 0.1) is 5.60 Å². The first-order valence-electron chi connectivity index (χ1n) is 9.78. The summed E-state index contributed by atoms with van der Waals surface area (Å²) in [5.74, 6) is 2.46. The second-order valence-corrected chi connectivity index (χ2v) is 9.55. The molecule has 138 valence electrons. The summed E-state index contributed by atoms with van der Waals surface area (Å²) < 4.78 is 5.95. The van der Waals surface area contributed by atoms with Crippen LogP contribution in [0, 0.1) is 17.8 Å². The molecule has 1 aliphatic rings. The molecule has 2 nitrogen and oxygen atoms in total. The molecule has 0 radical (unpaired) electrons. The molecule has 1 aromatic rings. The molecule has 0 amide bonds. The van der Waals surface area contributed by atoms with E-state index in [4.69, 9.17) is 4.74 Å². The Hall–Kier alpha value is -0.380. The van der Waals surface area contributed by atoms with Crippen molar-refractivity contribution in [2.45, 2.75) is 78.4 Å². The molecule has 0 unspecified atom stereocenters. The van der Waals surface area contributed by atoms with Gasteiger partial charge in [-0.15, -0.1) is 11.3 Å². The molecule has 2 heterocycles. The van der Waals surface area contributed by atoms with Crippen LogP contribution in [0.1, 0.15) is 77.6 Å². The van der Waals surface area contributed by atoms with Crippen LogP contribution >= 0.6 is 11.3 Å². The van der Waals surface area contributed by atoms with Crippen LogP contribution in [0.25, 0.3) is 0 Å². The van der Waals surface area contributed by atoms with E-state index in [0.717, 1.165) is 30.9 Å². The molecule has 1 aromatic heterocycles. The normalized spacial score (nSPS) is 23.3. The minimum absolute atomic E-state index is 0.0662. The molecular weight excluding hydrogens is 314 g/mol. The van der Waals surface area contributed by atoms with E-state index in [9.17, 15) is 0 Å². The Balaban J connectivity index is 1.85. The van der Waals surface area contributed by atoms with E-state index in [2.05, 4.69) is 57.4 Å². The van der Waals surface area contributed by atoms with Gasteiger partial charge in [0.1, 0.15) is 0 Å². The van der Waals surface area contributed by atoms with Crippen LogP contribution in [0.4, 0.5) is 0 Å². The Morgan fingerprint density at radius 3 is 2.67 bits per heavy atom. The highest BCUT2D eigenvalue weighted by molar-refractivity contribution is 7.10. The van der Waals surface area contributed by atoms with Crippen LogP contribution in [0.2, 0.25) is 0 Å². The van der Waals surface area contributed by atoms with E-state index in [1.807, 2.05) is 11.3 Å². The van der Waals surface area contributed by atoms with Crippen molar-refractivity contribution in [2.75, 3.05) is 13.2 Å². The highest BCUT2D eigenvalue weighted by Crippen LogP contribution is 2.37. The minimum atomic E-state index is 0.0662. The molecule has 1 N–H and O–H groups in total. The van der Waals surface area contributed by atoms with Crippen molar-refractivity contribution in [1.82, 2.24) is 5.32 Å². The summed E-state index contributed by atoms with van der Waals surface area (Å²) in [4.78, 5) is 1.45. The molecule has 1 fully saturated rings. The van der Waals surface area contributed by atoms with Gasteiger partial charge < -0.3 is 10.1 Å². The molecule has 24 heavy (non-hydrogen) atoms. The minimum Gasteiger partial charge on any atom is -0.376 e. The number of ether oxygens (including phenoxy) is 1. The van der Waals surface area contributed by atoms with Crippen LogP contribution in [-0.2, 0) is 4.74 Å². The average Bonchev–Trinajstić information content (AvgIpc) is 3.03. The van der Waals surface area contributed by atoms with Crippen molar-refractivity contribution in [3.05, 3.63) is 22.4 Å². The Bertz CT molecular complexity index is 454. The number of rotatable bonds is 9. The number of thiophene rings is 1. The smallest absolute Gasteiger partial charge is 0.0629 e. The lowest BCUT2D eigenvalue weighted by atomic mass is 9.75. The third-order valence-electron chi connectivity index (χ3n) is 5.45. The quantitative estimate of drug-likeness (QED) is 0.585. The standard InChI is InChI=1S/C21H37NOS/c1-16(2)8-9-18(19-11-13-23-21(4,5)15-19)10-12-22-17(3)20-7-6-14-24-20/h6-7,14,16-19,22H,8-13,15H2,1-5H3/t17-,18-,19+/m1/s1. The molecule has 3 heteroatoms. The molecule has 0 aliphatic carbocycles. The van der Waals surface area contributed by atoms with E-state index in [1.54, 1.807) is 0 Å². The topological polar surface area (TPSA) is 21.3 Å². The van der Waals surface area contributed by atoms with Crippen LogP contribution in [0.3, 0.4) is 0 Å². The first-order valence-corrected chi connectivity index (χ1v) is 10.7. The van der Waals surface area contributed by atoms with Crippen molar-refractivity contribution < 1.29 is 4.74 Å². The van der Waals surface area contributed by atoms with Crippen molar-refractivity contribution in [3.63, 3.8) is 0 Å². The van der Waals surface area contributed by atoms with Gasteiger partial charge >= 0.3 is 0 Å². The fourth-order valence-electron chi connectivity index (χ4n) is 3.97. The molecular formula is C21H37NOS. The van der Waals surface area contributed by atoms with Crippen LogP contribution in [0.5, 0.6) is 0 Å². The van der Waals surface area contributed by atoms with Gasteiger partial charge in [0.2, 0.25) is 0 Å². The van der Waals surface area contributed by atoms with E-state index in [1.165, 1.54) is 37.0 Å². The third-order valence-corrected chi connectivity index (χ3v) is 6.51. The molecule has 0 aromatic carbocycles. The number of hydrogen-bond donors (Lipinski definition) is 1. The predicted octanol–water partition coefficient (Wildman–Crippen LogP) is 6.05. The molecule has 0 spiro atoms.